The maximum atomic E-state index is 12.1. The van der Waals surface area contributed by atoms with Gasteiger partial charge in [-0.05, 0) is 53.5 Å². The number of aromatic nitrogens is 4. The summed E-state index contributed by atoms with van der Waals surface area (Å²) in [6.07, 6.45) is 6.33. The Morgan fingerprint density at radius 3 is 2.74 bits per heavy atom. The summed E-state index contributed by atoms with van der Waals surface area (Å²) in [7, 11) is 0. The van der Waals surface area contributed by atoms with Crippen LogP contribution < -0.4 is 10.6 Å². The summed E-state index contributed by atoms with van der Waals surface area (Å²) in [6.45, 7) is 2.50. The molecule has 0 unspecified atom stereocenters. The van der Waals surface area contributed by atoms with E-state index in [9.17, 15) is 4.79 Å². The maximum Gasteiger partial charge on any atom is 0.239 e. The third kappa shape index (κ3) is 4.06. The molecule has 0 saturated heterocycles. The van der Waals surface area contributed by atoms with Crippen LogP contribution >= 0.6 is 0 Å². The van der Waals surface area contributed by atoms with Gasteiger partial charge < -0.3 is 10.6 Å². The Kier molecular flexibility index (Phi) is 4.85. The molecule has 2 aromatic rings. The Bertz CT molecular complexity index is 625. The van der Waals surface area contributed by atoms with E-state index in [1.165, 1.54) is 19.3 Å². The van der Waals surface area contributed by atoms with Crippen molar-refractivity contribution in [1.29, 1.82) is 0 Å². The molecule has 2 atom stereocenters. The number of benzene rings is 1. The highest BCUT2D eigenvalue weighted by molar-refractivity contribution is 5.81. The van der Waals surface area contributed by atoms with Crippen LogP contribution in [0.2, 0.25) is 0 Å². The van der Waals surface area contributed by atoms with Gasteiger partial charge in [-0.3, -0.25) is 4.79 Å². The molecule has 0 radical (unpaired) electrons. The third-order valence-electron chi connectivity index (χ3n) is 4.39. The molecule has 1 amide bonds. The van der Waals surface area contributed by atoms with Gasteiger partial charge in [0.25, 0.3) is 0 Å². The van der Waals surface area contributed by atoms with E-state index in [0.717, 1.165) is 17.8 Å². The van der Waals surface area contributed by atoms with Gasteiger partial charge in [-0.25, -0.2) is 4.68 Å². The van der Waals surface area contributed by atoms with Crippen LogP contribution in [0, 0.1) is 5.92 Å². The van der Waals surface area contributed by atoms with Crippen molar-refractivity contribution in [2.75, 3.05) is 11.9 Å². The number of carbonyl (C=O) groups excluding carboxylic acids is 1. The number of nitrogens with zero attached hydrogens (tertiary/aromatic N) is 4. The summed E-state index contributed by atoms with van der Waals surface area (Å²) >= 11 is 0. The van der Waals surface area contributed by atoms with Crippen molar-refractivity contribution >= 4 is 11.6 Å². The lowest BCUT2D eigenvalue weighted by Crippen LogP contribution is -2.43. The summed E-state index contributed by atoms with van der Waals surface area (Å²) in [5, 5.41) is 17.3. The molecule has 1 fully saturated rings. The summed E-state index contributed by atoms with van der Waals surface area (Å²) < 4.78 is 1.58. The van der Waals surface area contributed by atoms with E-state index in [2.05, 4.69) is 33.1 Å². The molecular formula is C16H22N6O. The zero-order chi connectivity index (χ0) is 16.1. The molecular weight excluding hydrogens is 292 g/mol. The normalized spacial score (nSPS) is 20.9. The first-order chi connectivity index (χ1) is 11.2. The molecule has 0 aliphatic heterocycles. The van der Waals surface area contributed by atoms with Crippen molar-refractivity contribution in [1.82, 2.24) is 25.5 Å². The van der Waals surface area contributed by atoms with E-state index >= 15 is 0 Å². The Morgan fingerprint density at radius 2 is 2.04 bits per heavy atom. The van der Waals surface area contributed by atoms with Crippen molar-refractivity contribution in [3.8, 4) is 5.69 Å². The van der Waals surface area contributed by atoms with Crippen LogP contribution in [0.5, 0.6) is 0 Å². The molecule has 122 valence electrons. The second-order valence-corrected chi connectivity index (χ2v) is 6.09. The highest BCUT2D eigenvalue weighted by atomic mass is 16.2. The monoisotopic (exact) mass is 314 g/mol. The third-order valence-corrected chi connectivity index (χ3v) is 4.39. The quantitative estimate of drug-likeness (QED) is 0.878. The van der Waals surface area contributed by atoms with Gasteiger partial charge in [0.15, 0.2) is 0 Å². The van der Waals surface area contributed by atoms with E-state index in [1.807, 2.05) is 24.3 Å². The van der Waals surface area contributed by atoms with E-state index in [4.69, 9.17) is 0 Å². The van der Waals surface area contributed by atoms with Crippen molar-refractivity contribution < 1.29 is 4.79 Å². The van der Waals surface area contributed by atoms with Gasteiger partial charge in [0.05, 0.1) is 12.2 Å². The fraction of sp³-hybridized carbons (Fsp3) is 0.500. The van der Waals surface area contributed by atoms with Crippen LogP contribution in [-0.2, 0) is 4.79 Å². The topological polar surface area (TPSA) is 84.7 Å². The van der Waals surface area contributed by atoms with Gasteiger partial charge in [-0.15, -0.1) is 5.10 Å². The van der Waals surface area contributed by atoms with Crippen molar-refractivity contribution in [2.24, 2.45) is 5.92 Å². The molecule has 0 bridgehead atoms. The summed E-state index contributed by atoms with van der Waals surface area (Å²) in [5.41, 5.74) is 1.77. The Balaban J connectivity index is 1.49. The first-order valence-electron chi connectivity index (χ1n) is 8.09. The number of rotatable bonds is 5. The van der Waals surface area contributed by atoms with E-state index in [0.29, 0.717) is 12.0 Å². The fourth-order valence-electron chi connectivity index (χ4n) is 2.98. The Labute approximate surface area is 135 Å². The SMILES string of the molecule is C[C@@H]1CCCC[C@@H]1NC(=O)CNc1ccc(-n2cnnn2)cc1. The molecule has 7 heteroatoms. The first-order valence-corrected chi connectivity index (χ1v) is 8.09. The van der Waals surface area contributed by atoms with E-state index < -0.39 is 0 Å². The summed E-state index contributed by atoms with van der Waals surface area (Å²) in [4.78, 5) is 12.1. The molecule has 2 N–H and O–H groups in total. The van der Waals surface area contributed by atoms with Gasteiger partial charge in [0.2, 0.25) is 5.91 Å². The first kappa shape index (κ1) is 15.5. The molecule has 1 heterocycles. The van der Waals surface area contributed by atoms with Gasteiger partial charge in [-0.1, -0.05) is 19.8 Å². The predicted octanol–water partition coefficient (Wildman–Crippen LogP) is 1.77. The number of hydrogen-bond acceptors (Lipinski definition) is 5. The molecule has 3 rings (SSSR count). The smallest absolute Gasteiger partial charge is 0.239 e. The maximum absolute atomic E-state index is 12.1. The lowest BCUT2D eigenvalue weighted by atomic mass is 9.86. The highest BCUT2D eigenvalue weighted by Crippen LogP contribution is 2.23. The van der Waals surface area contributed by atoms with E-state index in [-0.39, 0.29) is 12.5 Å². The average Bonchev–Trinajstić information content (AvgIpc) is 3.10. The second-order valence-electron chi connectivity index (χ2n) is 6.09. The van der Waals surface area contributed by atoms with Crippen LogP contribution in [0.4, 0.5) is 5.69 Å². The predicted molar refractivity (Wildman–Crippen MR) is 87.2 cm³/mol. The number of nitrogens with one attached hydrogen (secondary N) is 2. The molecule has 1 aliphatic rings. The standard InChI is InChI=1S/C16H22N6O/c1-12-4-2-3-5-15(12)19-16(23)10-17-13-6-8-14(9-7-13)22-11-18-20-21-22/h6-9,11-12,15,17H,2-5,10H2,1H3,(H,19,23)/t12-,15+/m1/s1. The fourth-order valence-corrected chi connectivity index (χ4v) is 2.98. The van der Waals surface area contributed by atoms with Gasteiger partial charge in [0, 0.05) is 11.7 Å². The summed E-state index contributed by atoms with van der Waals surface area (Å²) in [6, 6.07) is 7.95. The molecule has 1 saturated carbocycles. The molecule has 1 aromatic carbocycles. The van der Waals surface area contributed by atoms with Crippen molar-refractivity contribution in [3.05, 3.63) is 30.6 Å². The number of carbonyl (C=O) groups is 1. The Morgan fingerprint density at radius 1 is 1.26 bits per heavy atom. The Hall–Kier alpha value is -2.44. The molecule has 7 nitrogen and oxygen atoms in total. The largest absolute Gasteiger partial charge is 0.376 e. The minimum absolute atomic E-state index is 0.0494. The number of hydrogen-bond donors (Lipinski definition) is 2. The van der Waals surface area contributed by atoms with Crippen molar-refractivity contribution in [3.63, 3.8) is 0 Å². The van der Waals surface area contributed by atoms with Crippen LogP contribution in [0.25, 0.3) is 5.69 Å². The zero-order valence-corrected chi connectivity index (χ0v) is 13.3. The molecule has 1 aliphatic carbocycles. The molecule has 1 aromatic heterocycles. The van der Waals surface area contributed by atoms with Crippen LogP contribution in [-0.4, -0.2) is 38.7 Å². The summed E-state index contributed by atoms with van der Waals surface area (Å²) in [5.74, 6) is 0.622. The minimum Gasteiger partial charge on any atom is -0.376 e. The zero-order valence-electron chi connectivity index (χ0n) is 13.3. The minimum atomic E-state index is 0.0494. The number of tetrazole rings is 1. The van der Waals surface area contributed by atoms with Crippen LogP contribution in [0.15, 0.2) is 30.6 Å². The van der Waals surface area contributed by atoms with Gasteiger partial charge in [0.1, 0.15) is 6.33 Å². The number of amides is 1. The van der Waals surface area contributed by atoms with Gasteiger partial charge in [-0.2, -0.15) is 0 Å². The second kappa shape index (κ2) is 7.21. The van der Waals surface area contributed by atoms with Crippen LogP contribution in [0.3, 0.4) is 0 Å². The molecule has 23 heavy (non-hydrogen) atoms. The van der Waals surface area contributed by atoms with E-state index in [1.54, 1.807) is 11.0 Å². The molecule has 0 spiro atoms. The van der Waals surface area contributed by atoms with Crippen molar-refractivity contribution in [2.45, 2.75) is 38.6 Å². The lowest BCUT2D eigenvalue weighted by molar-refractivity contribution is -0.120. The van der Waals surface area contributed by atoms with Crippen LogP contribution in [0.1, 0.15) is 32.6 Å². The number of anilines is 1. The average molecular weight is 314 g/mol. The van der Waals surface area contributed by atoms with Gasteiger partial charge >= 0.3 is 0 Å². The highest BCUT2D eigenvalue weighted by Gasteiger charge is 2.22. The lowest BCUT2D eigenvalue weighted by Gasteiger charge is -2.29.